The molecule has 0 unspecified atom stereocenters. The maximum Gasteiger partial charge on any atom is 0.226 e. The molecular weight excluding hydrogens is 246 g/mol. The van der Waals surface area contributed by atoms with Gasteiger partial charge in [0.25, 0.3) is 0 Å². The van der Waals surface area contributed by atoms with Gasteiger partial charge in [0.15, 0.2) is 5.13 Å². The average Bonchev–Trinajstić information content (AvgIpc) is 2.90. The summed E-state index contributed by atoms with van der Waals surface area (Å²) < 4.78 is 0. The van der Waals surface area contributed by atoms with Crippen LogP contribution in [0.1, 0.15) is 36.3 Å². The molecule has 18 heavy (non-hydrogen) atoms. The lowest BCUT2D eigenvalue weighted by atomic mass is 9.94. The van der Waals surface area contributed by atoms with Gasteiger partial charge in [-0.2, -0.15) is 0 Å². The molecule has 1 aliphatic carbocycles. The predicted octanol–water partition coefficient (Wildman–Crippen LogP) is 1.96. The lowest BCUT2D eigenvalue weighted by Crippen LogP contribution is -2.30. The Kier molecular flexibility index (Phi) is 3.61. The van der Waals surface area contributed by atoms with Gasteiger partial charge in [0, 0.05) is 11.3 Å². The summed E-state index contributed by atoms with van der Waals surface area (Å²) >= 11 is 1.66. The third kappa shape index (κ3) is 2.72. The molecule has 1 saturated heterocycles. The molecule has 1 amide bonds. The number of carbonyl (C=O) groups excluding carboxylic acids is 1. The topological polar surface area (TPSA) is 54.0 Å². The molecular formula is C13H19N3OS. The van der Waals surface area contributed by atoms with E-state index in [9.17, 15) is 4.79 Å². The number of nitrogens with zero attached hydrogens (tertiary/aromatic N) is 1. The van der Waals surface area contributed by atoms with E-state index in [4.69, 9.17) is 0 Å². The Morgan fingerprint density at radius 3 is 3.00 bits per heavy atom. The van der Waals surface area contributed by atoms with E-state index in [1.165, 1.54) is 17.0 Å². The Bertz CT molecular complexity index is 416. The van der Waals surface area contributed by atoms with E-state index < -0.39 is 0 Å². The summed E-state index contributed by atoms with van der Waals surface area (Å²) in [6.07, 6.45) is 6.31. The van der Waals surface area contributed by atoms with Gasteiger partial charge >= 0.3 is 0 Å². The second-order valence-electron chi connectivity index (χ2n) is 5.19. The van der Waals surface area contributed by atoms with Gasteiger partial charge in [-0.15, -0.1) is 11.3 Å². The van der Waals surface area contributed by atoms with Crippen LogP contribution in [0.15, 0.2) is 0 Å². The van der Waals surface area contributed by atoms with Crippen LogP contribution in [0, 0.1) is 5.92 Å². The molecule has 0 radical (unpaired) electrons. The van der Waals surface area contributed by atoms with Crippen molar-refractivity contribution in [3.63, 3.8) is 0 Å². The van der Waals surface area contributed by atoms with Crippen LogP contribution in [-0.4, -0.2) is 24.0 Å². The number of carbonyl (C=O) groups is 1. The number of hydrogen-bond acceptors (Lipinski definition) is 4. The molecule has 4 nitrogen and oxygen atoms in total. The Morgan fingerprint density at radius 2 is 2.22 bits per heavy atom. The Balaban J connectivity index is 1.53. The van der Waals surface area contributed by atoms with Gasteiger partial charge in [-0.1, -0.05) is 0 Å². The van der Waals surface area contributed by atoms with Gasteiger partial charge in [-0.05, 0) is 51.1 Å². The van der Waals surface area contributed by atoms with Gasteiger partial charge in [-0.3, -0.25) is 4.79 Å². The van der Waals surface area contributed by atoms with E-state index in [0.717, 1.165) is 43.9 Å². The monoisotopic (exact) mass is 265 g/mol. The molecule has 0 spiro atoms. The average molecular weight is 265 g/mol. The van der Waals surface area contributed by atoms with E-state index in [2.05, 4.69) is 15.6 Å². The predicted molar refractivity (Wildman–Crippen MR) is 73.0 cm³/mol. The van der Waals surface area contributed by atoms with E-state index in [1.54, 1.807) is 11.3 Å². The van der Waals surface area contributed by atoms with E-state index in [-0.39, 0.29) is 5.91 Å². The van der Waals surface area contributed by atoms with Crippen LogP contribution in [0.2, 0.25) is 0 Å². The molecule has 1 aromatic heterocycles. The molecule has 3 rings (SSSR count). The van der Waals surface area contributed by atoms with Crippen LogP contribution in [0.25, 0.3) is 0 Å². The third-order valence-electron chi connectivity index (χ3n) is 3.77. The van der Waals surface area contributed by atoms with Crippen LogP contribution in [-0.2, 0) is 17.6 Å². The molecule has 0 bridgehead atoms. The SMILES string of the molecule is O=C(CC1CCNCC1)Nc1nc2c(s1)CCC2. The van der Waals surface area contributed by atoms with Crippen molar-refractivity contribution in [2.45, 2.75) is 38.5 Å². The minimum Gasteiger partial charge on any atom is -0.317 e. The maximum atomic E-state index is 11.9. The number of thiazole rings is 1. The van der Waals surface area contributed by atoms with Crippen LogP contribution >= 0.6 is 11.3 Å². The smallest absolute Gasteiger partial charge is 0.226 e. The number of piperidine rings is 1. The van der Waals surface area contributed by atoms with Crippen molar-refractivity contribution in [1.82, 2.24) is 10.3 Å². The summed E-state index contributed by atoms with van der Waals surface area (Å²) in [6.45, 7) is 2.09. The number of anilines is 1. The standard InChI is InChI=1S/C13H19N3OS/c17-12(8-9-4-6-14-7-5-9)16-13-15-10-2-1-3-11(10)18-13/h9,14H,1-8H2,(H,15,16,17). The summed E-state index contributed by atoms with van der Waals surface area (Å²) in [5.41, 5.74) is 1.21. The molecule has 0 saturated carbocycles. The number of aryl methyl sites for hydroxylation is 2. The fourth-order valence-electron chi connectivity index (χ4n) is 2.76. The van der Waals surface area contributed by atoms with Crippen LogP contribution < -0.4 is 10.6 Å². The van der Waals surface area contributed by atoms with Crippen molar-refractivity contribution < 1.29 is 4.79 Å². The Labute approximate surface area is 111 Å². The molecule has 0 aromatic carbocycles. The first kappa shape index (κ1) is 12.1. The summed E-state index contributed by atoms with van der Waals surface area (Å²) in [7, 11) is 0. The summed E-state index contributed by atoms with van der Waals surface area (Å²) in [6, 6.07) is 0. The highest BCUT2D eigenvalue weighted by molar-refractivity contribution is 7.15. The molecule has 98 valence electrons. The van der Waals surface area contributed by atoms with E-state index >= 15 is 0 Å². The minimum absolute atomic E-state index is 0.134. The van der Waals surface area contributed by atoms with Crippen molar-refractivity contribution in [3.05, 3.63) is 10.6 Å². The zero-order valence-electron chi connectivity index (χ0n) is 10.5. The third-order valence-corrected chi connectivity index (χ3v) is 4.85. The van der Waals surface area contributed by atoms with Crippen molar-refractivity contribution in [3.8, 4) is 0 Å². The first-order valence-electron chi connectivity index (χ1n) is 6.80. The Morgan fingerprint density at radius 1 is 1.39 bits per heavy atom. The summed E-state index contributed by atoms with van der Waals surface area (Å²) in [5.74, 6) is 0.674. The Hall–Kier alpha value is -0.940. The fourth-order valence-corrected chi connectivity index (χ4v) is 3.83. The number of amides is 1. The quantitative estimate of drug-likeness (QED) is 0.878. The second kappa shape index (κ2) is 5.36. The number of nitrogens with one attached hydrogen (secondary N) is 2. The molecule has 0 atom stereocenters. The normalized spacial score (nSPS) is 19.8. The number of aromatic nitrogens is 1. The lowest BCUT2D eigenvalue weighted by molar-refractivity contribution is -0.117. The zero-order chi connectivity index (χ0) is 12.4. The molecule has 2 aliphatic rings. The number of fused-ring (bicyclic) bond motifs is 1. The van der Waals surface area contributed by atoms with Crippen LogP contribution in [0.5, 0.6) is 0 Å². The molecule has 1 aromatic rings. The highest BCUT2D eigenvalue weighted by atomic mass is 32.1. The largest absolute Gasteiger partial charge is 0.317 e. The first-order valence-corrected chi connectivity index (χ1v) is 7.62. The van der Waals surface area contributed by atoms with Crippen molar-refractivity contribution in [2.75, 3.05) is 18.4 Å². The van der Waals surface area contributed by atoms with Crippen molar-refractivity contribution >= 4 is 22.4 Å². The highest BCUT2D eigenvalue weighted by Gasteiger charge is 2.20. The van der Waals surface area contributed by atoms with Gasteiger partial charge in [0.2, 0.25) is 5.91 Å². The minimum atomic E-state index is 0.134. The van der Waals surface area contributed by atoms with Gasteiger partial charge in [-0.25, -0.2) is 4.98 Å². The van der Waals surface area contributed by atoms with E-state index in [0.29, 0.717) is 12.3 Å². The molecule has 5 heteroatoms. The molecule has 1 fully saturated rings. The van der Waals surface area contributed by atoms with Crippen LogP contribution in [0.3, 0.4) is 0 Å². The maximum absolute atomic E-state index is 11.9. The van der Waals surface area contributed by atoms with Gasteiger partial charge in [0.05, 0.1) is 5.69 Å². The number of hydrogen-bond donors (Lipinski definition) is 2. The van der Waals surface area contributed by atoms with Crippen LogP contribution in [0.4, 0.5) is 5.13 Å². The fraction of sp³-hybridized carbons (Fsp3) is 0.692. The summed E-state index contributed by atoms with van der Waals surface area (Å²) in [5, 5.41) is 7.09. The highest BCUT2D eigenvalue weighted by Crippen LogP contribution is 2.30. The molecule has 2 heterocycles. The number of rotatable bonds is 3. The van der Waals surface area contributed by atoms with Crippen molar-refractivity contribution in [2.24, 2.45) is 5.92 Å². The molecule has 2 N–H and O–H groups in total. The van der Waals surface area contributed by atoms with Crippen molar-refractivity contribution in [1.29, 1.82) is 0 Å². The van der Waals surface area contributed by atoms with Gasteiger partial charge in [0.1, 0.15) is 0 Å². The van der Waals surface area contributed by atoms with E-state index in [1.807, 2.05) is 0 Å². The first-order chi connectivity index (χ1) is 8.81. The second-order valence-corrected chi connectivity index (χ2v) is 6.27. The lowest BCUT2D eigenvalue weighted by Gasteiger charge is -2.21. The van der Waals surface area contributed by atoms with Gasteiger partial charge < -0.3 is 10.6 Å². The zero-order valence-corrected chi connectivity index (χ0v) is 11.3. The summed E-state index contributed by atoms with van der Waals surface area (Å²) in [4.78, 5) is 17.8. The molecule has 1 aliphatic heterocycles.